The standard InChI is InChI=1S/C18H21N3O2S/c19-17(22)13-3-1-2-4-14(13)18-20-15-6-5-12(11-16(15)24-18)21-7-9-23-10-8-21/h1-4,12H,5-11H2,(H2,19,22)/t12-/m0/s1. The molecule has 1 amide bonds. The Bertz CT molecular complexity index is 752. The Morgan fingerprint density at radius 2 is 2.08 bits per heavy atom. The van der Waals surface area contributed by atoms with Crippen LogP contribution in [0.1, 0.15) is 27.3 Å². The minimum absolute atomic E-state index is 0.398. The largest absolute Gasteiger partial charge is 0.379 e. The molecular weight excluding hydrogens is 322 g/mol. The fourth-order valence-corrected chi connectivity index (χ4v) is 4.83. The molecule has 1 aromatic carbocycles. The summed E-state index contributed by atoms with van der Waals surface area (Å²) in [7, 11) is 0. The third-order valence-electron chi connectivity index (χ3n) is 4.90. The van der Waals surface area contributed by atoms with Gasteiger partial charge in [-0.05, 0) is 25.3 Å². The van der Waals surface area contributed by atoms with Crippen LogP contribution in [-0.4, -0.2) is 48.1 Å². The van der Waals surface area contributed by atoms with Gasteiger partial charge >= 0.3 is 0 Å². The minimum atomic E-state index is -0.398. The maximum atomic E-state index is 11.7. The van der Waals surface area contributed by atoms with E-state index in [0.717, 1.165) is 56.1 Å². The molecule has 1 fully saturated rings. The number of nitrogens with two attached hydrogens (primary N) is 1. The smallest absolute Gasteiger partial charge is 0.249 e. The number of nitrogens with zero attached hydrogens (tertiary/aromatic N) is 2. The highest BCUT2D eigenvalue weighted by molar-refractivity contribution is 7.15. The fraction of sp³-hybridized carbons (Fsp3) is 0.444. The van der Waals surface area contributed by atoms with Crippen LogP contribution < -0.4 is 5.73 Å². The van der Waals surface area contributed by atoms with Crippen LogP contribution in [-0.2, 0) is 17.6 Å². The van der Waals surface area contributed by atoms with Gasteiger partial charge in [-0.15, -0.1) is 11.3 Å². The molecular formula is C18H21N3O2S. The molecule has 1 atom stereocenters. The van der Waals surface area contributed by atoms with E-state index in [-0.39, 0.29) is 0 Å². The first-order chi connectivity index (χ1) is 11.7. The lowest BCUT2D eigenvalue weighted by Crippen LogP contribution is -2.45. The summed E-state index contributed by atoms with van der Waals surface area (Å²) in [5.41, 5.74) is 8.11. The highest BCUT2D eigenvalue weighted by atomic mass is 32.1. The second-order valence-corrected chi connectivity index (χ2v) is 7.43. The van der Waals surface area contributed by atoms with Crippen molar-refractivity contribution < 1.29 is 9.53 Å². The quantitative estimate of drug-likeness (QED) is 0.927. The summed E-state index contributed by atoms with van der Waals surface area (Å²) in [5.74, 6) is -0.398. The van der Waals surface area contributed by atoms with Crippen molar-refractivity contribution in [1.82, 2.24) is 9.88 Å². The number of hydrogen-bond donors (Lipinski definition) is 1. The summed E-state index contributed by atoms with van der Waals surface area (Å²) in [4.78, 5) is 20.4. The molecule has 2 aliphatic rings. The van der Waals surface area contributed by atoms with E-state index in [4.69, 9.17) is 15.5 Å². The van der Waals surface area contributed by atoms with Gasteiger partial charge in [0.2, 0.25) is 5.91 Å². The van der Waals surface area contributed by atoms with Gasteiger partial charge in [0.15, 0.2) is 0 Å². The van der Waals surface area contributed by atoms with Gasteiger partial charge in [-0.1, -0.05) is 18.2 Å². The lowest BCUT2D eigenvalue weighted by molar-refractivity contribution is 0.0139. The van der Waals surface area contributed by atoms with Gasteiger partial charge in [-0.3, -0.25) is 9.69 Å². The van der Waals surface area contributed by atoms with Crippen molar-refractivity contribution in [3.05, 3.63) is 40.4 Å². The number of morpholine rings is 1. The normalized spacial score (nSPS) is 21.4. The van der Waals surface area contributed by atoms with E-state index in [9.17, 15) is 4.79 Å². The van der Waals surface area contributed by atoms with Crippen molar-refractivity contribution in [1.29, 1.82) is 0 Å². The van der Waals surface area contributed by atoms with Gasteiger partial charge in [0.05, 0.1) is 18.9 Å². The summed E-state index contributed by atoms with van der Waals surface area (Å²) >= 11 is 1.71. The number of aryl methyl sites for hydroxylation is 1. The van der Waals surface area contributed by atoms with Gasteiger partial charge in [0.1, 0.15) is 5.01 Å². The molecule has 2 aromatic rings. The molecule has 1 aliphatic heterocycles. The van der Waals surface area contributed by atoms with E-state index < -0.39 is 5.91 Å². The van der Waals surface area contributed by atoms with E-state index in [1.807, 2.05) is 18.2 Å². The first-order valence-corrected chi connectivity index (χ1v) is 9.23. The van der Waals surface area contributed by atoms with Crippen molar-refractivity contribution in [2.45, 2.75) is 25.3 Å². The molecule has 0 bridgehead atoms. The number of rotatable bonds is 3. The highest BCUT2D eigenvalue weighted by Gasteiger charge is 2.28. The molecule has 0 unspecified atom stereocenters. The van der Waals surface area contributed by atoms with E-state index in [0.29, 0.717) is 11.6 Å². The second kappa shape index (κ2) is 6.63. The summed E-state index contributed by atoms with van der Waals surface area (Å²) < 4.78 is 5.46. The summed E-state index contributed by atoms with van der Waals surface area (Å²) in [6.07, 6.45) is 3.20. The van der Waals surface area contributed by atoms with Crippen molar-refractivity contribution >= 4 is 17.2 Å². The minimum Gasteiger partial charge on any atom is -0.379 e. The summed E-state index contributed by atoms with van der Waals surface area (Å²) in [6, 6.07) is 8.06. The average molecular weight is 343 g/mol. The Morgan fingerprint density at radius 3 is 2.88 bits per heavy atom. The Balaban J connectivity index is 1.60. The first kappa shape index (κ1) is 15.7. The predicted octanol–water partition coefficient (Wildman–Crippen LogP) is 2.10. The number of ether oxygens (including phenoxy) is 1. The molecule has 1 aliphatic carbocycles. The van der Waals surface area contributed by atoms with Gasteiger partial charge in [0, 0.05) is 35.1 Å². The van der Waals surface area contributed by atoms with Crippen LogP contribution in [0.25, 0.3) is 10.6 Å². The zero-order valence-corrected chi connectivity index (χ0v) is 14.3. The summed E-state index contributed by atoms with van der Waals surface area (Å²) in [6.45, 7) is 3.72. The number of primary amides is 1. The molecule has 1 aromatic heterocycles. The number of hydrogen-bond acceptors (Lipinski definition) is 5. The van der Waals surface area contributed by atoms with Crippen LogP contribution in [0.5, 0.6) is 0 Å². The van der Waals surface area contributed by atoms with Crippen molar-refractivity contribution in [3.63, 3.8) is 0 Å². The maximum Gasteiger partial charge on any atom is 0.249 e. The number of thiazole rings is 1. The molecule has 2 N–H and O–H groups in total. The number of benzene rings is 1. The monoisotopic (exact) mass is 343 g/mol. The Labute approximate surface area is 145 Å². The SMILES string of the molecule is NC(=O)c1ccccc1-c1nc2c(s1)C[C@@H](N1CCOCC1)CC2. The Morgan fingerprint density at radius 1 is 1.29 bits per heavy atom. The molecule has 0 saturated carbocycles. The number of fused-ring (bicyclic) bond motifs is 1. The molecule has 4 rings (SSSR count). The highest BCUT2D eigenvalue weighted by Crippen LogP contribution is 2.35. The van der Waals surface area contributed by atoms with Crippen LogP contribution in [0.2, 0.25) is 0 Å². The maximum absolute atomic E-state index is 11.7. The van der Waals surface area contributed by atoms with Crippen molar-refractivity contribution in [3.8, 4) is 10.6 Å². The molecule has 1 saturated heterocycles. The number of aromatic nitrogens is 1. The molecule has 126 valence electrons. The van der Waals surface area contributed by atoms with Crippen LogP contribution >= 0.6 is 11.3 Å². The van der Waals surface area contributed by atoms with E-state index in [2.05, 4.69) is 4.90 Å². The Kier molecular flexibility index (Phi) is 4.35. The molecule has 0 radical (unpaired) electrons. The fourth-order valence-electron chi connectivity index (χ4n) is 3.61. The third kappa shape index (κ3) is 2.97. The van der Waals surface area contributed by atoms with Crippen LogP contribution in [0, 0.1) is 0 Å². The van der Waals surface area contributed by atoms with Crippen LogP contribution in [0.15, 0.2) is 24.3 Å². The molecule has 5 nitrogen and oxygen atoms in total. The topological polar surface area (TPSA) is 68.5 Å². The molecule has 6 heteroatoms. The third-order valence-corrected chi connectivity index (χ3v) is 6.05. The van der Waals surface area contributed by atoms with Gasteiger partial charge in [-0.2, -0.15) is 0 Å². The number of carbonyl (C=O) groups is 1. The van der Waals surface area contributed by atoms with Crippen molar-refractivity contribution in [2.75, 3.05) is 26.3 Å². The zero-order valence-electron chi connectivity index (χ0n) is 13.5. The van der Waals surface area contributed by atoms with E-state index in [1.165, 1.54) is 10.6 Å². The second-order valence-electron chi connectivity index (χ2n) is 6.34. The van der Waals surface area contributed by atoms with Gasteiger partial charge in [-0.25, -0.2) is 4.98 Å². The summed E-state index contributed by atoms with van der Waals surface area (Å²) in [5, 5.41) is 0.914. The first-order valence-electron chi connectivity index (χ1n) is 8.42. The van der Waals surface area contributed by atoms with Crippen molar-refractivity contribution in [2.24, 2.45) is 5.73 Å². The average Bonchev–Trinajstić information content (AvgIpc) is 3.05. The molecule has 24 heavy (non-hydrogen) atoms. The Hall–Kier alpha value is -1.76. The number of amides is 1. The number of carbonyl (C=O) groups excluding carboxylic acids is 1. The lowest BCUT2D eigenvalue weighted by atomic mass is 9.96. The molecule has 2 heterocycles. The lowest BCUT2D eigenvalue weighted by Gasteiger charge is -2.36. The van der Waals surface area contributed by atoms with E-state index >= 15 is 0 Å². The van der Waals surface area contributed by atoms with Crippen LogP contribution in [0.4, 0.5) is 0 Å². The predicted molar refractivity (Wildman–Crippen MR) is 94.3 cm³/mol. The zero-order chi connectivity index (χ0) is 16.5. The van der Waals surface area contributed by atoms with Crippen LogP contribution in [0.3, 0.4) is 0 Å². The van der Waals surface area contributed by atoms with E-state index in [1.54, 1.807) is 17.4 Å². The van der Waals surface area contributed by atoms with Gasteiger partial charge < -0.3 is 10.5 Å². The molecule has 0 spiro atoms. The van der Waals surface area contributed by atoms with Gasteiger partial charge in [0.25, 0.3) is 0 Å².